The smallest absolute Gasteiger partial charge is 0.323 e. The Morgan fingerprint density at radius 3 is 2.68 bits per heavy atom. The van der Waals surface area contributed by atoms with Crippen molar-refractivity contribution in [2.75, 3.05) is 20.2 Å². The fourth-order valence-corrected chi connectivity index (χ4v) is 6.02. The molecular formula is C29H37N4O7P. The molecule has 0 aliphatic carbocycles. The summed E-state index contributed by atoms with van der Waals surface area (Å²) in [4.78, 5) is 37.0. The summed E-state index contributed by atoms with van der Waals surface area (Å²) in [5.41, 5.74) is 2.08. The molecule has 1 saturated heterocycles. The van der Waals surface area contributed by atoms with E-state index in [1.807, 2.05) is 50.4 Å². The standard InChI is InChI=1S/C29H37N4O7P/c1-19(2)38-26(35)17-31-41(37-18-21-16-20(3)28(39-21)33(14-9-15-34)29(36)30-4)40-25-13-8-12-24-27(25)22-10-6-7-11-23(22)32(24)5/h6-15,19-21,28,31H,16-18H2,1-5H3,(H,30,36)/b14-9-. The van der Waals surface area contributed by atoms with Gasteiger partial charge in [0.2, 0.25) is 0 Å². The molecule has 4 atom stereocenters. The summed E-state index contributed by atoms with van der Waals surface area (Å²) in [6, 6.07) is 13.5. The number of fused-ring (bicyclic) bond motifs is 3. The quantitative estimate of drug-likeness (QED) is 0.137. The first-order valence-corrected chi connectivity index (χ1v) is 14.7. The number of rotatable bonds is 12. The molecule has 41 heavy (non-hydrogen) atoms. The predicted octanol–water partition coefficient (Wildman–Crippen LogP) is 4.60. The SMILES string of the molecule is CNC(=O)N(/C=C\C=O)C1OC(COP(NCC(=O)OC(C)C)Oc2cccc3c2c2ccccc2n3C)CC1C. The van der Waals surface area contributed by atoms with E-state index in [4.69, 9.17) is 18.5 Å². The Labute approximate surface area is 240 Å². The number of urea groups is 1. The van der Waals surface area contributed by atoms with Crippen LogP contribution in [0.15, 0.2) is 54.7 Å². The molecule has 2 N–H and O–H groups in total. The highest BCUT2D eigenvalue weighted by atomic mass is 31.2. The third-order valence-corrected chi connectivity index (χ3v) is 7.84. The Balaban J connectivity index is 1.52. The van der Waals surface area contributed by atoms with Gasteiger partial charge < -0.3 is 28.4 Å². The summed E-state index contributed by atoms with van der Waals surface area (Å²) >= 11 is 0. The molecule has 4 rings (SSSR count). The summed E-state index contributed by atoms with van der Waals surface area (Å²) in [7, 11) is 1.73. The van der Waals surface area contributed by atoms with Crippen LogP contribution in [0.1, 0.15) is 27.2 Å². The number of hydrogen-bond acceptors (Lipinski definition) is 8. The predicted molar refractivity (Wildman–Crippen MR) is 157 cm³/mol. The minimum absolute atomic E-state index is 0.0252. The van der Waals surface area contributed by atoms with E-state index in [1.54, 1.807) is 13.8 Å². The third-order valence-electron chi connectivity index (χ3n) is 6.68. The van der Waals surface area contributed by atoms with Gasteiger partial charge in [-0.25, -0.2) is 9.88 Å². The number of carbonyl (C=O) groups excluding carboxylic acids is 3. The van der Waals surface area contributed by atoms with Gasteiger partial charge in [-0.1, -0.05) is 31.2 Å². The van der Waals surface area contributed by atoms with E-state index in [9.17, 15) is 14.4 Å². The lowest BCUT2D eigenvalue weighted by Crippen LogP contribution is -2.44. The van der Waals surface area contributed by atoms with E-state index < -0.39 is 20.7 Å². The van der Waals surface area contributed by atoms with E-state index in [1.165, 1.54) is 24.2 Å². The average Bonchev–Trinajstić information content (AvgIpc) is 3.47. The second-order valence-electron chi connectivity index (χ2n) is 10.0. The number of allylic oxidation sites excluding steroid dienone is 1. The number of esters is 1. The Kier molecular flexibility index (Phi) is 10.3. The largest absolute Gasteiger partial charge is 0.462 e. The van der Waals surface area contributed by atoms with Crippen LogP contribution in [0.25, 0.3) is 21.8 Å². The first-order valence-electron chi connectivity index (χ1n) is 13.5. The van der Waals surface area contributed by atoms with Crippen molar-refractivity contribution in [1.82, 2.24) is 19.9 Å². The van der Waals surface area contributed by atoms with E-state index in [0.717, 1.165) is 21.8 Å². The molecule has 11 nitrogen and oxygen atoms in total. The minimum Gasteiger partial charge on any atom is -0.462 e. The van der Waals surface area contributed by atoms with E-state index in [2.05, 4.69) is 21.0 Å². The van der Waals surface area contributed by atoms with Crippen molar-refractivity contribution in [3.63, 3.8) is 0 Å². The highest BCUT2D eigenvalue weighted by Crippen LogP contribution is 2.43. The number of aldehydes is 1. The Morgan fingerprint density at radius 1 is 1.20 bits per heavy atom. The molecule has 1 aliphatic heterocycles. The van der Waals surface area contributed by atoms with E-state index in [-0.39, 0.29) is 37.3 Å². The average molecular weight is 585 g/mol. The molecule has 3 aromatic rings. The Hall–Kier alpha value is -3.50. The number of amides is 2. The number of aryl methyl sites for hydroxylation is 1. The van der Waals surface area contributed by atoms with Crippen LogP contribution in [0.3, 0.4) is 0 Å². The number of aromatic nitrogens is 1. The molecule has 0 spiro atoms. The highest BCUT2D eigenvalue weighted by Gasteiger charge is 2.38. The minimum atomic E-state index is -1.79. The maximum Gasteiger partial charge on any atom is 0.323 e. The van der Waals surface area contributed by atoms with Crippen LogP contribution in [-0.4, -0.2) is 66.4 Å². The van der Waals surface area contributed by atoms with Crippen molar-refractivity contribution in [2.24, 2.45) is 13.0 Å². The lowest BCUT2D eigenvalue weighted by Gasteiger charge is -2.27. The summed E-state index contributed by atoms with van der Waals surface area (Å²) in [5, 5.41) is 7.64. The fourth-order valence-electron chi connectivity index (χ4n) is 4.92. The maximum atomic E-state index is 12.4. The zero-order valence-electron chi connectivity index (χ0n) is 23.9. The number of hydrogen-bond donors (Lipinski definition) is 2. The van der Waals surface area contributed by atoms with Crippen molar-refractivity contribution in [1.29, 1.82) is 0 Å². The van der Waals surface area contributed by atoms with E-state index in [0.29, 0.717) is 18.5 Å². The number of carbonyl (C=O) groups is 3. The van der Waals surface area contributed by atoms with Gasteiger partial charge in [0.15, 0.2) is 0 Å². The van der Waals surface area contributed by atoms with Crippen molar-refractivity contribution in [2.45, 2.75) is 45.6 Å². The van der Waals surface area contributed by atoms with Crippen LogP contribution in [0.2, 0.25) is 0 Å². The molecule has 0 saturated carbocycles. The second-order valence-corrected chi connectivity index (χ2v) is 11.3. The number of para-hydroxylation sites is 1. The van der Waals surface area contributed by atoms with Crippen LogP contribution in [0.5, 0.6) is 5.75 Å². The molecule has 1 fully saturated rings. The lowest BCUT2D eigenvalue weighted by atomic mass is 10.1. The van der Waals surface area contributed by atoms with Gasteiger partial charge >= 0.3 is 20.5 Å². The van der Waals surface area contributed by atoms with Crippen molar-refractivity contribution >= 4 is 48.6 Å². The van der Waals surface area contributed by atoms with Crippen molar-refractivity contribution in [3.8, 4) is 5.75 Å². The van der Waals surface area contributed by atoms with Gasteiger partial charge in [0.1, 0.15) is 24.8 Å². The summed E-state index contributed by atoms with van der Waals surface area (Å²) in [5.74, 6) is 0.179. The van der Waals surface area contributed by atoms with E-state index >= 15 is 0 Å². The van der Waals surface area contributed by atoms with Crippen molar-refractivity contribution in [3.05, 3.63) is 54.7 Å². The molecule has 0 radical (unpaired) electrons. The second kappa shape index (κ2) is 13.9. The highest BCUT2D eigenvalue weighted by molar-refractivity contribution is 7.45. The molecule has 0 bridgehead atoms. The normalized spacial score (nSPS) is 19.6. The van der Waals surface area contributed by atoms with Gasteiger partial charge in [0, 0.05) is 37.1 Å². The van der Waals surface area contributed by atoms with Crippen LogP contribution in [0, 0.1) is 5.92 Å². The molecule has 12 heteroatoms. The third kappa shape index (κ3) is 7.23. The molecule has 220 valence electrons. The monoisotopic (exact) mass is 584 g/mol. The first kappa shape index (κ1) is 30.5. The molecule has 2 amide bonds. The number of nitrogens with one attached hydrogen (secondary N) is 2. The molecule has 2 aromatic carbocycles. The number of ether oxygens (including phenoxy) is 2. The van der Waals surface area contributed by atoms with Gasteiger partial charge in [-0.2, -0.15) is 0 Å². The molecule has 1 aromatic heterocycles. The van der Waals surface area contributed by atoms with Gasteiger partial charge in [-0.05, 0) is 44.5 Å². The van der Waals surface area contributed by atoms with Crippen LogP contribution in [0.4, 0.5) is 4.79 Å². The topological polar surface area (TPSA) is 120 Å². The number of nitrogens with zero attached hydrogens (tertiary/aromatic N) is 2. The van der Waals surface area contributed by atoms with Crippen LogP contribution >= 0.6 is 8.53 Å². The summed E-state index contributed by atoms with van der Waals surface area (Å²) in [6.45, 7) is 5.60. The fraction of sp³-hybridized carbons (Fsp3) is 0.414. The number of benzene rings is 2. The molecule has 1 aliphatic rings. The Morgan fingerprint density at radius 2 is 1.95 bits per heavy atom. The van der Waals surface area contributed by atoms with Gasteiger partial charge in [0.25, 0.3) is 0 Å². The summed E-state index contributed by atoms with van der Waals surface area (Å²) in [6.07, 6.45) is 2.69. The van der Waals surface area contributed by atoms with Gasteiger partial charge in [-0.15, -0.1) is 0 Å². The maximum absolute atomic E-state index is 12.4. The van der Waals surface area contributed by atoms with Crippen LogP contribution < -0.4 is 14.9 Å². The zero-order valence-corrected chi connectivity index (χ0v) is 24.8. The van der Waals surface area contributed by atoms with Gasteiger partial charge in [0.05, 0.1) is 29.7 Å². The van der Waals surface area contributed by atoms with Crippen LogP contribution in [-0.2, 0) is 30.6 Å². The molecule has 4 unspecified atom stereocenters. The van der Waals surface area contributed by atoms with Gasteiger partial charge in [-0.3, -0.25) is 14.5 Å². The molecular weight excluding hydrogens is 547 g/mol. The first-order chi connectivity index (χ1) is 19.7. The summed E-state index contributed by atoms with van der Waals surface area (Å²) < 4.78 is 26.2. The Bertz CT molecular complexity index is 1410. The van der Waals surface area contributed by atoms with Crippen molar-refractivity contribution < 1.29 is 32.9 Å². The lowest BCUT2D eigenvalue weighted by molar-refractivity contribution is -0.145. The zero-order chi connectivity index (χ0) is 29.5. The molecule has 2 heterocycles.